The number of rotatable bonds is 4. The van der Waals surface area contributed by atoms with Crippen molar-refractivity contribution in [1.82, 2.24) is 0 Å². The van der Waals surface area contributed by atoms with Gasteiger partial charge in [0.25, 0.3) is 0 Å². The normalized spacial score (nSPS) is 21.4. The maximum absolute atomic E-state index is 3.83. The van der Waals surface area contributed by atoms with Crippen molar-refractivity contribution in [2.45, 2.75) is 95.6 Å². The Morgan fingerprint density at radius 2 is 1.03 bits per heavy atom. The number of benzene rings is 2. The van der Waals surface area contributed by atoms with Gasteiger partial charge in [0.15, 0.2) is 0 Å². The van der Waals surface area contributed by atoms with E-state index in [2.05, 4.69) is 60.9 Å². The van der Waals surface area contributed by atoms with Crippen molar-refractivity contribution in [3.05, 3.63) is 47.5 Å². The van der Waals surface area contributed by atoms with Crippen molar-refractivity contribution in [2.24, 2.45) is 0 Å². The van der Waals surface area contributed by atoms with Crippen LogP contribution in [0.15, 0.2) is 36.4 Å². The highest BCUT2D eigenvalue weighted by Gasteiger charge is 2.36. The molecule has 0 spiro atoms. The molecule has 2 saturated carbocycles. The molecule has 154 valence electrons. The van der Waals surface area contributed by atoms with E-state index in [0.29, 0.717) is 12.1 Å². The summed E-state index contributed by atoms with van der Waals surface area (Å²) in [5.74, 6) is 0. The molecule has 0 atom stereocenters. The average Bonchev–Trinajstić information content (AvgIpc) is 2.96. The zero-order chi connectivity index (χ0) is 19.8. The van der Waals surface area contributed by atoms with E-state index in [1.807, 2.05) is 0 Å². The van der Waals surface area contributed by atoms with Crippen LogP contribution < -0.4 is 10.6 Å². The lowest BCUT2D eigenvalue weighted by Gasteiger charge is -2.27. The second-order valence-corrected chi connectivity index (χ2v) is 10.1. The van der Waals surface area contributed by atoms with Crippen LogP contribution in [0.25, 0.3) is 11.1 Å². The van der Waals surface area contributed by atoms with E-state index < -0.39 is 0 Å². The highest BCUT2D eigenvalue weighted by Crippen LogP contribution is 2.50. The van der Waals surface area contributed by atoms with Gasteiger partial charge >= 0.3 is 0 Å². The van der Waals surface area contributed by atoms with Crippen LogP contribution >= 0.6 is 0 Å². The van der Waals surface area contributed by atoms with Crippen LogP contribution in [0.3, 0.4) is 0 Å². The first-order chi connectivity index (χ1) is 14.1. The molecule has 3 aliphatic carbocycles. The molecule has 2 aromatic carbocycles. The fourth-order valence-electron chi connectivity index (χ4n) is 5.88. The minimum Gasteiger partial charge on any atom is -0.382 e. The molecule has 0 bridgehead atoms. The van der Waals surface area contributed by atoms with Gasteiger partial charge in [0, 0.05) is 28.9 Å². The SMILES string of the molecule is CC1(C)c2cc(NC3CCCCC3)ccc2-c2ccc(NC3CCCCC3)cc21. The summed E-state index contributed by atoms with van der Waals surface area (Å²) in [5, 5.41) is 7.66. The van der Waals surface area contributed by atoms with Gasteiger partial charge in [-0.3, -0.25) is 0 Å². The van der Waals surface area contributed by atoms with Gasteiger partial charge in [-0.25, -0.2) is 0 Å². The molecule has 0 amide bonds. The van der Waals surface area contributed by atoms with E-state index in [-0.39, 0.29) is 5.41 Å². The van der Waals surface area contributed by atoms with Crippen molar-refractivity contribution in [1.29, 1.82) is 0 Å². The molecule has 2 N–H and O–H groups in total. The zero-order valence-electron chi connectivity index (χ0n) is 18.2. The summed E-state index contributed by atoms with van der Waals surface area (Å²) in [4.78, 5) is 0. The average molecular weight is 389 g/mol. The van der Waals surface area contributed by atoms with E-state index >= 15 is 0 Å². The van der Waals surface area contributed by atoms with Gasteiger partial charge in [0.05, 0.1) is 0 Å². The number of nitrogens with one attached hydrogen (secondary N) is 2. The molecule has 2 aromatic rings. The van der Waals surface area contributed by atoms with Crippen LogP contribution in [0, 0.1) is 0 Å². The summed E-state index contributed by atoms with van der Waals surface area (Å²) < 4.78 is 0. The summed E-state index contributed by atoms with van der Waals surface area (Å²) in [6, 6.07) is 15.5. The highest BCUT2D eigenvalue weighted by molar-refractivity contribution is 5.83. The van der Waals surface area contributed by atoms with Crippen LogP contribution in [-0.4, -0.2) is 12.1 Å². The standard InChI is InChI=1S/C27H36N2/c1-27(2)25-17-21(28-19-9-5-3-6-10-19)13-15-23(25)24-16-14-22(18-26(24)27)29-20-11-7-4-8-12-20/h13-20,28-29H,3-12H2,1-2H3. The molecule has 0 aromatic heterocycles. The van der Waals surface area contributed by atoms with Crippen LogP contribution in [0.4, 0.5) is 11.4 Å². The third-order valence-electron chi connectivity index (χ3n) is 7.63. The molecule has 3 aliphatic rings. The second kappa shape index (κ2) is 7.70. The van der Waals surface area contributed by atoms with Gasteiger partial charge < -0.3 is 10.6 Å². The Hall–Kier alpha value is -1.96. The van der Waals surface area contributed by atoms with Crippen molar-refractivity contribution in [3.8, 4) is 11.1 Å². The first-order valence-electron chi connectivity index (χ1n) is 11.9. The summed E-state index contributed by atoms with van der Waals surface area (Å²) in [7, 11) is 0. The largest absolute Gasteiger partial charge is 0.382 e. The van der Waals surface area contributed by atoms with Gasteiger partial charge in [0.2, 0.25) is 0 Å². The van der Waals surface area contributed by atoms with E-state index in [4.69, 9.17) is 0 Å². The lowest BCUT2D eigenvalue weighted by molar-refractivity contribution is 0.462. The Kier molecular flexibility index (Phi) is 5.05. The van der Waals surface area contributed by atoms with E-state index in [0.717, 1.165) is 0 Å². The lowest BCUT2D eigenvalue weighted by Crippen LogP contribution is -2.23. The molecule has 0 saturated heterocycles. The fraction of sp³-hybridized carbons (Fsp3) is 0.556. The van der Waals surface area contributed by atoms with Crippen molar-refractivity contribution in [3.63, 3.8) is 0 Å². The van der Waals surface area contributed by atoms with Crippen LogP contribution in [0.1, 0.15) is 89.2 Å². The third kappa shape index (κ3) is 3.67. The first-order valence-corrected chi connectivity index (χ1v) is 11.9. The molecule has 2 nitrogen and oxygen atoms in total. The predicted molar refractivity (Wildman–Crippen MR) is 125 cm³/mol. The highest BCUT2D eigenvalue weighted by atomic mass is 14.9. The maximum atomic E-state index is 3.83. The molecule has 29 heavy (non-hydrogen) atoms. The minimum atomic E-state index is 0.0547. The molecular formula is C27H36N2. The summed E-state index contributed by atoms with van der Waals surface area (Å²) in [6.07, 6.45) is 13.6. The quantitative estimate of drug-likeness (QED) is 0.567. The number of hydrogen-bond acceptors (Lipinski definition) is 2. The Balaban J connectivity index is 1.40. The molecule has 0 aliphatic heterocycles. The second-order valence-electron chi connectivity index (χ2n) is 10.1. The molecule has 0 radical (unpaired) electrons. The van der Waals surface area contributed by atoms with Crippen LogP contribution in [0.2, 0.25) is 0 Å². The molecule has 2 fully saturated rings. The van der Waals surface area contributed by atoms with Gasteiger partial charge in [0.1, 0.15) is 0 Å². The maximum Gasteiger partial charge on any atom is 0.0345 e. The Morgan fingerprint density at radius 1 is 0.621 bits per heavy atom. The van der Waals surface area contributed by atoms with E-state index in [1.165, 1.54) is 97.8 Å². The Morgan fingerprint density at radius 3 is 1.45 bits per heavy atom. The van der Waals surface area contributed by atoms with Crippen molar-refractivity contribution >= 4 is 11.4 Å². The van der Waals surface area contributed by atoms with Gasteiger partial charge in [-0.15, -0.1) is 0 Å². The summed E-state index contributed by atoms with van der Waals surface area (Å²) in [6.45, 7) is 4.79. The minimum absolute atomic E-state index is 0.0547. The molecular weight excluding hydrogens is 352 g/mol. The van der Waals surface area contributed by atoms with Gasteiger partial charge in [-0.05, 0) is 72.2 Å². The number of anilines is 2. The lowest BCUT2D eigenvalue weighted by atomic mass is 9.82. The number of fused-ring (bicyclic) bond motifs is 3. The topological polar surface area (TPSA) is 24.1 Å². The van der Waals surface area contributed by atoms with Gasteiger partial charge in [-0.1, -0.05) is 64.5 Å². The van der Waals surface area contributed by atoms with Crippen LogP contribution in [-0.2, 0) is 5.41 Å². The van der Waals surface area contributed by atoms with E-state index in [9.17, 15) is 0 Å². The van der Waals surface area contributed by atoms with Crippen molar-refractivity contribution < 1.29 is 0 Å². The summed E-state index contributed by atoms with van der Waals surface area (Å²) >= 11 is 0. The number of hydrogen-bond donors (Lipinski definition) is 2. The smallest absolute Gasteiger partial charge is 0.0345 e. The predicted octanol–water partition coefficient (Wildman–Crippen LogP) is 7.48. The third-order valence-corrected chi connectivity index (χ3v) is 7.63. The monoisotopic (exact) mass is 388 g/mol. The molecule has 5 rings (SSSR count). The molecule has 2 heteroatoms. The van der Waals surface area contributed by atoms with Crippen LogP contribution in [0.5, 0.6) is 0 Å². The molecule has 0 unspecified atom stereocenters. The summed E-state index contributed by atoms with van der Waals surface area (Å²) in [5.41, 5.74) is 8.45. The van der Waals surface area contributed by atoms with Gasteiger partial charge in [-0.2, -0.15) is 0 Å². The first kappa shape index (κ1) is 19.0. The van der Waals surface area contributed by atoms with E-state index in [1.54, 1.807) is 0 Å². The van der Waals surface area contributed by atoms with Crippen molar-refractivity contribution in [2.75, 3.05) is 10.6 Å². The zero-order valence-corrected chi connectivity index (χ0v) is 18.2. The Labute approximate surface area is 176 Å². The fourth-order valence-corrected chi connectivity index (χ4v) is 5.88. The molecule has 0 heterocycles. The Bertz CT molecular complexity index is 799.